The van der Waals surface area contributed by atoms with E-state index in [1.54, 1.807) is 30.3 Å². The molecule has 0 spiro atoms. The molecule has 0 aliphatic rings. The van der Waals surface area contributed by atoms with E-state index in [9.17, 15) is 13.2 Å². The minimum Gasteiger partial charge on any atom is -0.489 e. The van der Waals surface area contributed by atoms with Crippen molar-refractivity contribution in [2.24, 2.45) is 0 Å². The lowest BCUT2D eigenvalue weighted by Crippen LogP contribution is -2.38. The van der Waals surface area contributed by atoms with Gasteiger partial charge in [0.2, 0.25) is 15.9 Å². The van der Waals surface area contributed by atoms with Crippen molar-refractivity contribution in [2.75, 3.05) is 22.4 Å². The number of nitrogens with zero attached hydrogens (tertiary/aromatic N) is 1. The predicted octanol–water partition coefficient (Wildman–Crippen LogP) is 3.44. The van der Waals surface area contributed by atoms with Crippen molar-refractivity contribution >= 4 is 27.3 Å². The van der Waals surface area contributed by atoms with E-state index in [0.29, 0.717) is 23.5 Å². The molecule has 7 heteroatoms. The number of anilines is 2. The summed E-state index contributed by atoms with van der Waals surface area (Å²) in [6.07, 6.45) is 1.71. The maximum Gasteiger partial charge on any atom is 0.245 e. The first-order chi connectivity index (χ1) is 12.7. The molecule has 0 aromatic heterocycles. The number of hydrogen-bond acceptors (Lipinski definition) is 4. The number of sulfonamides is 1. The molecule has 0 atom stereocenters. The minimum atomic E-state index is -3.63. The zero-order valence-corrected chi connectivity index (χ0v) is 16.9. The summed E-state index contributed by atoms with van der Waals surface area (Å²) < 4.78 is 31.5. The summed E-state index contributed by atoms with van der Waals surface area (Å²) in [7, 11) is -3.63. The van der Waals surface area contributed by atoms with Crippen LogP contribution >= 0.6 is 0 Å². The first kappa shape index (κ1) is 20.8. The van der Waals surface area contributed by atoms with E-state index < -0.39 is 15.9 Å². The molecule has 27 heavy (non-hydrogen) atoms. The lowest BCUT2D eigenvalue weighted by Gasteiger charge is -2.24. The van der Waals surface area contributed by atoms with Crippen molar-refractivity contribution in [3.63, 3.8) is 0 Å². The fourth-order valence-corrected chi connectivity index (χ4v) is 3.57. The standard InChI is InChI=1S/C20H26N2O4S/c1-5-16-10-6-8-12-18(16)22(27(4,24)25)14-20(23)21-17-11-7-9-13-19(17)26-15(2)3/h6-13,15H,5,14H2,1-4H3,(H,21,23). The Balaban J connectivity index is 2.26. The average Bonchev–Trinajstić information content (AvgIpc) is 2.60. The molecule has 0 radical (unpaired) electrons. The van der Waals surface area contributed by atoms with Crippen molar-refractivity contribution in [2.45, 2.75) is 33.3 Å². The van der Waals surface area contributed by atoms with E-state index in [-0.39, 0.29) is 12.6 Å². The van der Waals surface area contributed by atoms with Gasteiger partial charge in [0.05, 0.1) is 23.7 Å². The molecule has 146 valence electrons. The molecule has 0 saturated heterocycles. The Bertz CT molecular complexity index is 894. The van der Waals surface area contributed by atoms with Crippen molar-refractivity contribution in [3.8, 4) is 5.75 Å². The number of aryl methyl sites for hydroxylation is 1. The van der Waals surface area contributed by atoms with Crippen LogP contribution in [0.3, 0.4) is 0 Å². The third kappa shape index (κ3) is 5.72. The Kier molecular flexibility index (Phi) is 6.85. The average molecular weight is 391 g/mol. The molecule has 0 heterocycles. The summed E-state index contributed by atoms with van der Waals surface area (Å²) >= 11 is 0. The van der Waals surface area contributed by atoms with Crippen LogP contribution in [0.15, 0.2) is 48.5 Å². The molecule has 1 amide bonds. The van der Waals surface area contributed by atoms with Crippen molar-refractivity contribution in [3.05, 3.63) is 54.1 Å². The highest BCUT2D eigenvalue weighted by atomic mass is 32.2. The molecule has 2 aromatic carbocycles. The van der Waals surface area contributed by atoms with E-state index >= 15 is 0 Å². The highest BCUT2D eigenvalue weighted by Gasteiger charge is 2.23. The molecule has 2 aromatic rings. The summed E-state index contributed by atoms with van der Waals surface area (Å²) in [4.78, 5) is 12.6. The molecule has 0 aliphatic heterocycles. The number of rotatable bonds is 8. The lowest BCUT2D eigenvalue weighted by atomic mass is 10.1. The molecule has 0 unspecified atom stereocenters. The normalized spacial score (nSPS) is 11.3. The summed E-state index contributed by atoms with van der Waals surface area (Å²) in [5, 5.41) is 2.76. The second-order valence-electron chi connectivity index (χ2n) is 6.46. The molecule has 0 fully saturated rings. The van der Waals surface area contributed by atoms with Crippen LogP contribution in [-0.2, 0) is 21.2 Å². The van der Waals surface area contributed by atoms with Gasteiger partial charge >= 0.3 is 0 Å². The van der Waals surface area contributed by atoms with Crippen LogP contribution in [0, 0.1) is 0 Å². The zero-order chi connectivity index (χ0) is 20.0. The Hall–Kier alpha value is -2.54. The monoisotopic (exact) mass is 390 g/mol. The smallest absolute Gasteiger partial charge is 0.245 e. The number of para-hydroxylation sites is 3. The van der Waals surface area contributed by atoms with Crippen LogP contribution in [0.2, 0.25) is 0 Å². The second kappa shape index (κ2) is 8.90. The van der Waals surface area contributed by atoms with Gasteiger partial charge in [0, 0.05) is 0 Å². The van der Waals surface area contributed by atoms with Crippen LogP contribution in [-0.4, -0.2) is 33.2 Å². The van der Waals surface area contributed by atoms with E-state index in [4.69, 9.17) is 4.74 Å². The topological polar surface area (TPSA) is 75.7 Å². The number of carbonyl (C=O) groups excluding carboxylic acids is 1. The van der Waals surface area contributed by atoms with Crippen LogP contribution in [0.4, 0.5) is 11.4 Å². The first-order valence-electron chi connectivity index (χ1n) is 8.83. The van der Waals surface area contributed by atoms with Crippen LogP contribution < -0.4 is 14.4 Å². The third-order valence-corrected chi connectivity index (χ3v) is 4.98. The molecule has 0 bridgehead atoms. The molecule has 0 aliphatic carbocycles. The van der Waals surface area contributed by atoms with Gasteiger partial charge < -0.3 is 10.1 Å². The predicted molar refractivity (Wildman–Crippen MR) is 109 cm³/mol. The van der Waals surface area contributed by atoms with Gasteiger partial charge in [0.1, 0.15) is 12.3 Å². The van der Waals surface area contributed by atoms with Gasteiger partial charge in [0.25, 0.3) is 0 Å². The van der Waals surface area contributed by atoms with E-state index in [1.165, 1.54) is 0 Å². The SMILES string of the molecule is CCc1ccccc1N(CC(=O)Nc1ccccc1OC(C)C)S(C)(=O)=O. The third-order valence-electron chi connectivity index (χ3n) is 3.85. The summed E-state index contributed by atoms with van der Waals surface area (Å²) in [5.41, 5.74) is 1.89. The second-order valence-corrected chi connectivity index (χ2v) is 8.37. The van der Waals surface area contributed by atoms with Crippen LogP contribution in [0.5, 0.6) is 5.75 Å². The number of carbonyl (C=O) groups is 1. The van der Waals surface area contributed by atoms with E-state index in [0.717, 1.165) is 16.1 Å². The number of hydrogen-bond donors (Lipinski definition) is 1. The van der Waals surface area contributed by atoms with E-state index in [2.05, 4.69) is 5.32 Å². The van der Waals surface area contributed by atoms with Crippen LogP contribution in [0.1, 0.15) is 26.3 Å². The Morgan fingerprint density at radius 2 is 1.74 bits per heavy atom. The highest BCUT2D eigenvalue weighted by molar-refractivity contribution is 7.92. The number of nitrogens with one attached hydrogen (secondary N) is 1. The molecule has 0 saturated carbocycles. The Morgan fingerprint density at radius 3 is 2.37 bits per heavy atom. The minimum absolute atomic E-state index is 0.0491. The van der Waals surface area contributed by atoms with Crippen molar-refractivity contribution in [1.29, 1.82) is 0 Å². The molecule has 6 nitrogen and oxygen atoms in total. The highest BCUT2D eigenvalue weighted by Crippen LogP contribution is 2.26. The first-order valence-corrected chi connectivity index (χ1v) is 10.7. The van der Waals surface area contributed by atoms with Gasteiger partial charge in [-0.1, -0.05) is 37.3 Å². The van der Waals surface area contributed by atoms with Gasteiger partial charge in [-0.3, -0.25) is 9.10 Å². The van der Waals surface area contributed by atoms with Crippen molar-refractivity contribution in [1.82, 2.24) is 0 Å². The Morgan fingerprint density at radius 1 is 1.11 bits per heavy atom. The van der Waals surface area contributed by atoms with E-state index in [1.807, 2.05) is 39.0 Å². The number of ether oxygens (including phenoxy) is 1. The largest absolute Gasteiger partial charge is 0.489 e. The maximum absolute atomic E-state index is 12.6. The van der Waals surface area contributed by atoms with Crippen molar-refractivity contribution < 1.29 is 17.9 Å². The zero-order valence-electron chi connectivity index (χ0n) is 16.1. The van der Waals surface area contributed by atoms with Gasteiger partial charge in [-0.15, -0.1) is 0 Å². The maximum atomic E-state index is 12.6. The molecule has 1 N–H and O–H groups in total. The van der Waals surface area contributed by atoms with Gasteiger partial charge in [-0.2, -0.15) is 0 Å². The van der Waals surface area contributed by atoms with Crippen LogP contribution in [0.25, 0.3) is 0 Å². The molecular formula is C20H26N2O4S. The quantitative estimate of drug-likeness (QED) is 0.749. The molecule has 2 rings (SSSR count). The number of amides is 1. The van der Waals surface area contributed by atoms with Gasteiger partial charge in [-0.25, -0.2) is 8.42 Å². The number of benzene rings is 2. The Labute approximate surface area is 161 Å². The fourth-order valence-electron chi connectivity index (χ4n) is 2.68. The summed E-state index contributed by atoms with van der Waals surface area (Å²) in [5.74, 6) is 0.104. The summed E-state index contributed by atoms with van der Waals surface area (Å²) in [6.45, 7) is 5.42. The summed E-state index contributed by atoms with van der Waals surface area (Å²) in [6, 6.07) is 14.3. The fraction of sp³-hybridized carbons (Fsp3) is 0.350. The van der Waals surface area contributed by atoms with Gasteiger partial charge in [-0.05, 0) is 44.0 Å². The van der Waals surface area contributed by atoms with Gasteiger partial charge in [0.15, 0.2) is 0 Å². The lowest BCUT2D eigenvalue weighted by molar-refractivity contribution is -0.114. The molecular weight excluding hydrogens is 364 g/mol.